The van der Waals surface area contributed by atoms with Crippen LogP contribution in [0.1, 0.15) is 47.4 Å². The van der Waals surface area contributed by atoms with Crippen molar-refractivity contribution >= 4 is 22.2 Å². The van der Waals surface area contributed by atoms with Gasteiger partial charge in [-0.2, -0.15) is 4.98 Å². The number of aldehydes is 1. The van der Waals surface area contributed by atoms with Gasteiger partial charge in [0.2, 0.25) is 0 Å². The van der Waals surface area contributed by atoms with Crippen molar-refractivity contribution in [2.45, 2.75) is 33.3 Å². The maximum atomic E-state index is 11.1. The molecule has 0 N–H and O–H groups in total. The molecule has 20 heavy (non-hydrogen) atoms. The molecule has 0 saturated carbocycles. The molecule has 1 aromatic carbocycles. The van der Waals surface area contributed by atoms with Gasteiger partial charge in [0.05, 0.1) is 5.56 Å². The van der Waals surface area contributed by atoms with Crippen LogP contribution in [0.15, 0.2) is 21.1 Å². The Morgan fingerprint density at radius 3 is 2.80 bits per heavy atom. The first kappa shape index (κ1) is 14.7. The van der Waals surface area contributed by atoms with Crippen LogP contribution >= 0.6 is 15.9 Å². The Hall–Kier alpha value is -1.69. The van der Waals surface area contributed by atoms with Crippen LogP contribution in [0.2, 0.25) is 0 Å². The number of carbonyl (C=O) groups excluding carboxylic acids is 1. The predicted octanol–water partition coefficient (Wildman–Crippen LogP) is 3.66. The van der Waals surface area contributed by atoms with E-state index < -0.39 is 0 Å². The summed E-state index contributed by atoms with van der Waals surface area (Å²) in [6.45, 7) is 5.99. The molecule has 0 fully saturated rings. The van der Waals surface area contributed by atoms with Crippen molar-refractivity contribution in [3.05, 3.63) is 39.4 Å². The minimum absolute atomic E-state index is 0.142. The number of aromatic nitrogens is 2. The Kier molecular flexibility index (Phi) is 4.54. The first-order chi connectivity index (χ1) is 9.51. The van der Waals surface area contributed by atoms with Crippen LogP contribution in [0.5, 0.6) is 5.75 Å². The van der Waals surface area contributed by atoms with Gasteiger partial charge in [0.25, 0.3) is 5.89 Å². The topological polar surface area (TPSA) is 65.2 Å². The average Bonchev–Trinajstić information content (AvgIpc) is 2.85. The lowest BCUT2D eigenvalue weighted by atomic mass is 10.1. The molecule has 0 amide bonds. The zero-order chi connectivity index (χ0) is 14.7. The number of ether oxygens (including phenoxy) is 1. The standard InChI is InChI=1S/C14H15BrN2O3/c1-8(2)14-16-12(20-17-14)7-19-13-9(3)4-11(15)5-10(13)6-18/h4-6,8H,7H2,1-3H3. The highest BCUT2D eigenvalue weighted by atomic mass is 79.9. The highest BCUT2D eigenvalue weighted by Gasteiger charge is 2.13. The summed E-state index contributed by atoms with van der Waals surface area (Å²) >= 11 is 3.35. The molecule has 0 spiro atoms. The molecule has 5 nitrogen and oxygen atoms in total. The smallest absolute Gasteiger partial charge is 0.264 e. The molecule has 0 unspecified atom stereocenters. The molecule has 2 aromatic rings. The Morgan fingerprint density at radius 1 is 1.45 bits per heavy atom. The maximum absolute atomic E-state index is 11.1. The summed E-state index contributed by atoms with van der Waals surface area (Å²) in [7, 11) is 0. The van der Waals surface area contributed by atoms with Gasteiger partial charge in [0, 0.05) is 10.4 Å². The first-order valence-electron chi connectivity index (χ1n) is 6.22. The molecule has 106 valence electrons. The Balaban J connectivity index is 2.16. The van der Waals surface area contributed by atoms with Crippen LogP contribution < -0.4 is 4.74 Å². The highest BCUT2D eigenvalue weighted by molar-refractivity contribution is 9.10. The van der Waals surface area contributed by atoms with E-state index in [9.17, 15) is 4.79 Å². The predicted molar refractivity (Wildman–Crippen MR) is 77.0 cm³/mol. The molecule has 0 bridgehead atoms. The van der Waals surface area contributed by atoms with E-state index in [1.165, 1.54) is 0 Å². The van der Waals surface area contributed by atoms with E-state index >= 15 is 0 Å². The van der Waals surface area contributed by atoms with E-state index in [1.54, 1.807) is 6.07 Å². The maximum Gasteiger partial charge on any atom is 0.264 e. The molecule has 6 heteroatoms. The molecule has 0 aliphatic rings. The van der Waals surface area contributed by atoms with Gasteiger partial charge in [-0.3, -0.25) is 4.79 Å². The van der Waals surface area contributed by atoms with Crippen LogP contribution in [0, 0.1) is 6.92 Å². The fourth-order valence-electron chi connectivity index (χ4n) is 1.74. The summed E-state index contributed by atoms with van der Waals surface area (Å²) < 4.78 is 11.6. The number of hydrogen-bond donors (Lipinski definition) is 0. The molecule has 0 aliphatic heterocycles. The van der Waals surface area contributed by atoms with E-state index in [4.69, 9.17) is 9.26 Å². The normalized spacial score (nSPS) is 10.8. The Labute approximate surface area is 125 Å². The van der Waals surface area contributed by atoms with Crippen molar-refractivity contribution in [2.24, 2.45) is 0 Å². The summed E-state index contributed by atoms with van der Waals surface area (Å²) in [4.78, 5) is 15.3. The molecule has 2 rings (SSSR count). The molecule has 0 aliphatic carbocycles. The van der Waals surface area contributed by atoms with Gasteiger partial charge in [0.1, 0.15) is 5.75 Å². The number of halogens is 1. The summed E-state index contributed by atoms with van der Waals surface area (Å²) in [6.07, 6.45) is 0.764. The number of aryl methyl sites for hydroxylation is 1. The molecular formula is C14H15BrN2O3. The summed E-state index contributed by atoms with van der Waals surface area (Å²) in [5.41, 5.74) is 1.35. The Bertz CT molecular complexity index is 623. The second kappa shape index (κ2) is 6.17. The van der Waals surface area contributed by atoms with E-state index in [-0.39, 0.29) is 12.5 Å². The highest BCUT2D eigenvalue weighted by Crippen LogP contribution is 2.27. The quantitative estimate of drug-likeness (QED) is 0.778. The summed E-state index contributed by atoms with van der Waals surface area (Å²) in [5, 5.41) is 3.86. The first-order valence-corrected chi connectivity index (χ1v) is 7.01. The minimum atomic E-state index is 0.142. The number of benzene rings is 1. The van der Waals surface area contributed by atoms with Gasteiger partial charge in [-0.05, 0) is 24.6 Å². The third-order valence-electron chi connectivity index (χ3n) is 2.74. The molecule has 1 aromatic heterocycles. The number of rotatable bonds is 5. The van der Waals surface area contributed by atoms with Crippen molar-refractivity contribution < 1.29 is 14.1 Å². The fourth-order valence-corrected chi connectivity index (χ4v) is 2.33. The lowest BCUT2D eigenvalue weighted by Gasteiger charge is -2.10. The summed E-state index contributed by atoms with van der Waals surface area (Å²) in [5.74, 6) is 1.78. The zero-order valence-electron chi connectivity index (χ0n) is 11.5. The van der Waals surface area contributed by atoms with Gasteiger partial charge in [-0.15, -0.1) is 0 Å². The molecule has 0 saturated heterocycles. The van der Waals surface area contributed by atoms with Crippen molar-refractivity contribution in [2.75, 3.05) is 0 Å². The number of hydrogen-bond acceptors (Lipinski definition) is 5. The van der Waals surface area contributed by atoms with Crippen molar-refractivity contribution in [3.8, 4) is 5.75 Å². The molecule has 0 radical (unpaired) electrons. The monoisotopic (exact) mass is 338 g/mol. The van der Waals surface area contributed by atoms with Gasteiger partial charge >= 0.3 is 0 Å². The van der Waals surface area contributed by atoms with Crippen molar-refractivity contribution in [1.29, 1.82) is 0 Å². The van der Waals surface area contributed by atoms with Crippen LogP contribution in [-0.4, -0.2) is 16.4 Å². The molecule has 0 atom stereocenters. The SMILES string of the molecule is Cc1cc(Br)cc(C=O)c1OCc1nc(C(C)C)no1. The number of carbonyl (C=O) groups is 1. The van der Waals surface area contributed by atoms with Gasteiger partial charge < -0.3 is 9.26 Å². The van der Waals surface area contributed by atoms with Crippen LogP contribution in [0.25, 0.3) is 0 Å². The van der Waals surface area contributed by atoms with Crippen LogP contribution in [-0.2, 0) is 6.61 Å². The second-order valence-corrected chi connectivity index (χ2v) is 5.66. The van der Waals surface area contributed by atoms with Gasteiger partial charge in [-0.25, -0.2) is 0 Å². The Morgan fingerprint density at radius 2 is 2.20 bits per heavy atom. The average molecular weight is 339 g/mol. The molecular weight excluding hydrogens is 324 g/mol. The van der Waals surface area contributed by atoms with Crippen molar-refractivity contribution in [3.63, 3.8) is 0 Å². The van der Waals surface area contributed by atoms with Gasteiger partial charge in [-0.1, -0.05) is 34.9 Å². The summed E-state index contributed by atoms with van der Waals surface area (Å²) in [6, 6.07) is 3.60. The van der Waals surface area contributed by atoms with Crippen LogP contribution in [0.3, 0.4) is 0 Å². The van der Waals surface area contributed by atoms with Gasteiger partial charge in [0.15, 0.2) is 18.7 Å². The van der Waals surface area contributed by atoms with E-state index in [1.807, 2.05) is 26.8 Å². The lowest BCUT2D eigenvalue weighted by Crippen LogP contribution is -2.01. The third kappa shape index (κ3) is 3.25. The fraction of sp³-hybridized carbons (Fsp3) is 0.357. The third-order valence-corrected chi connectivity index (χ3v) is 3.19. The second-order valence-electron chi connectivity index (χ2n) is 4.75. The van der Waals surface area contributed by atoms with Crippen molar-refractivity contribution in [1.82, 2.24) is 10.1 Å². The lowest BCUT2D eigenvalue weighted by molar-refractivity contribution is 0.111. The minimum Gasteiger partial charge on any atom is -0.483 e. The van der Waals surface area contributed by atoms with Crippen LogP contribution in [0.4, 0.5) is 0 Å². The van der Waals surface area contributed by atoms with E-state index in [2.05, 4.69) is 26.1 Å². The van der Waals surface area contributed by atoms with E-state index in [0.717, 1.165) is 16.3 Å². The zero-order valence-corrected chi connectivity index (χ0v) is 13.1. The number of nitrogens with zero attached hydrogens (tertiary/aromatic N) is 2. The van der Waals surface area contributed by atoms with E-state index in [0.29, 0.717) is 23.0 Å². The largest absolute Gasteiger partial charge is 0.483 e. The molecule has 1 heterocycles.